The first-order chi connectivity index (χ1) is 9.26. The Kier molecular flexibility index (Phi) is 3.45. The van der Waals surface area contributed by atoms with Crippen LogP contribution in [0.4, 0.5) is 8.78 Å². The second kappa shape index (κ2) is 4.81. The van der Waals surface area contributed by atoms with Gasteiger partial charge in [0.25, 0.3) is 5.91 Å². The zero-order valence-corrected chi connectivity index (χ0v) is 11.5. The largest absolute Gasteiger partial charge is 0.342 e. The number of carbonyl (C=O) groups is 2. The maximum Gasteiger partial charge on any atom is 0.258 e. The summed E-state index contributed by atoms with van der Waals surface area (Å²) >= 11 is 0. The highest BCUT2D eigenvalue weighted by Gasteiger charge is 2.43. The van der Waals surface area contributed by atoms with Crippen molar-refractivity contribution >= 4 is 11.8 Å². The molecule has 20 heavy (non-hydrogen) atoms. The fourth-order valence-electron chi connectivity index (χ4n) is 2.30. The standard InChI is InChI=1S/C13H15F2N3O2/c1-13(2)12(20)17(3)6-7-18(13)11(19)8-4-5-16-10(15)9(8)14/h4-5H,6-7H2,1-3H3. The van der Waals surface area contributed by atoms with E-state index in [2.05, 4.69) is 4.98 Å². The van der Waals surface area contributed by atoms with Gasteiger partial charge in [0.1, 0.15) is 5.54 Å². The normalized spacial score (nSPS) is 18.4. The number of piperazine rings is 1. The number of hydrogen-bond acceptors (Lipinski definition) is 3. The third-order valence-corrected chi connectivity index (χ3v) is 3.53. The van der Waals surface area contributed by atoms with E-state index in [1.54, 1.807) is 20.9 Å². The number of likely N-dealkylation sites (N-methyl/N-ethyl adjacent to an activating group) is 1. The van der Waals surface area contributed by atoms with Crippen LogP contribution >= 0.6 is 0 Å². The van der Waals surface area contributed by atoms with E-state index in [9.17, 15) is 18.4 Å². The van der Waals surface area contributed by atoms with Crippen molar-refractivity contribution in [2.24, 2.45) is 0 Å². The molecule has 0 radical (unpaired) electrons. The number of nitrogens with zero attached hydrogens (tertiary/aromatic N) is 3. The van der Waals surface area contributed by atoms with E-state index >= 15 is 0 Å². The van der Waals surface area contributed by atoms with Crippen LogP contribution in [-0.2, 0) is 4.79 Å². The van der Waals surface area contributed by atoms with Crippen molar-refractivity contribution in [1.29, 1.82) is 0 Å². The highest BCUT2D eigenvalue weighted by molar-refractivity contribution is 5.99. The van der Waals surface area contributed by atoms with Crippen molar-refractivity contribution in [3.8, 4) is 0 Å². The van der Waals surface area contributed by atoms with E-state index in [1.807, 2.05) is 0 Å². The van der Waals surface area contributed by atoms with E-state index in [-0.39, 0.29) is 12.5 Å². The maximum absolute atomic E-state index is 13.7. The highest BCUT2D eigenvalue weighted by atomic mass is 19.2. The molecular weight excluding hydrogens is 268 g/mol. The van der Waals surface area contributed by atoms with Crippen LogP contribution in [0.25, 0.3) is 0 Å². The second-order valence-electron chi connectivity index (χ2n) is 5.21. The minimum atomic E-state index is -1.32. The van der Waals surface area contributed by atoms with Crippen molar-refractivity contribution in [3.05, 3.63) is 29.6 Å². The lowest BCUT2D eigenvalue weighted by Crippen LogP contribution is -2.63. The molecule has 0 N–H and O–H groups in total. The Morgan fingerprint density at radius 3 is 2.65 bits per heavy atom. The number of amides is 2. The summed E-state index contributed by atoms with van der Waals surface area (Å²) in [5.74, 6) is -3.57. The first kappa shape index (κ1) is 14.4. The first-order valence-corrected chi connectivity index (χ1v) is 6.14. The lowest BCUT2D eigenvalue weighted by atomic mass is 9.96. The van der Waals surface area contributed by atoms with Crippen LogP contribution in [0.15, 0.2) is 12.3 Å². The number of rotatable bonds is 1. The Hall–Kier alpha value is -2.05. The summed E-state index contributed by atoms with van der Waals surface area (Å²) in [6.07, 6.45) is 1.02. The van der Waals surface area contributed by atoms with Gasteiger partial charge >= 0.3 is 0 Å². The Bertz CT molecular complexity index is 575. The molecule has 7 heteroatoms. The van der Waals surface area contributed by atoms with Gasteiger partial charge in [-0.3, -0.25) is 9.59 Å². The molecule has 0 saturated carbocycles. The monoisotopic (exact) mass is 283 g/mol. The SMILES string of the molecule is CN1CCN(C(=O)c2ccnc(F)c2F)C(C)(C)C1=O. The molecule has 5 nitrogen and oxygen atoms in total. The van der Waals surface area contributed by atoms with Gasteiger partial charge in [0, 0.05) is 26.3 Å². The van der Waals surface area contributed by atoms with Crippen LogP contribution in [0.3, 0.4) is 0 Å². The maximum atomic E-state index is 13.7. The molecule has 1 fully saturated rings. The smallest absolute Gasteiger partial charge is 0.258 e. The van der Waals surface area contributed by atoms with Gasteiger partial charge in [0.2, 0.25) is 11.9 Å². The van der Waals surface area contributed by atoms with E-state index < -0.39 is 28.8 Å². The van der Waals surface area contributed by atoms with Gasteiger partial charge in [0.15, 0.2) is 5.82 Å². The van der Waals surface area contributed by atoms with Crippen molar-refractivity contribution < 1.29 is 18.4 Å². The molecule has 0 unspecified atom stereocenters. The number of halogens is 2. The molecule has 108 valence electrons. The fraction of sp³-hybridized carbons (Fsp3) is 0.462. The first-order valence-electron chi connectivity index (χ1n) is 6.14. The van der Waals surface area contributed by atoms with Crippen molar-refractivity contribution in [3.63, 3.8) is 0 Å². The van der Waals surface area contributed by atoms with Gasteiger partial charge in [-0.1, -0.05) is 0 Å². The van der Waals surface area contributed by atoms with Crippen LogP contribution in [0, 0.1) is 11.8 Å². The Morgan fingerprint density at radius 1 is 1.35 bits per heavy atom. The summed E-state index contributed by atoms with van der Waals surface area (Å²) in [6, 6.07) is 1.11. The van der Waals surface area contributed by atoms with Crippen LogP contribution < -0.4 is 0 Å². The van der Waals surface area contributed by atoms with Gasteiger partial charge in [-0.15, -0.1) is 0 Å². The van der Waals surface area contributed by atoms with Gasteiger partial charge in [0.05, 0.1) is 5.56 Å². The summed E-state index contributed by atoms with van der Waals surface area (Å²) in [5, 5.41) is 0. The summed E-state index contributed by atoms with van der Waals surface area (Å²) in [5.41, 5.74) is -1.51. The van der Waals surface area contributed by atoms with Crippen LogP contribution in [-0.4, -0.2) is 52.3 Å². The van der Waals surface area contributed by atoms with Crippen LogP contribution in [0.1, 0.15) is 24.2 Å². The predicted octanol–water partition coefficient (Wildman–Crippen LogP) is 1.05. The molecule has 2 heterocycles. The molecule has 2 rings (SSSR count). The zero-order chi connectivity index (χ0) is 15.1. The molecule has 1 aliphatic rings. The molecule has 0 aliphatic carbocycles. The number of hydrogen-bond donors (Lipinski definition) is 0. The quantitative estimate of drug-likeness (QED) is 0.724. The highest BCUT2D eigenvalue weighted by Crippen LogP contribution is 2.24. The second-order valence-corrected chi connectivity index (χ2v) is 5.21. The van der Waals surface area contributed by atoms with E-state index in [0.717, 1.165) is 12.3 Å². The third-order valence-electron chi connectivity index (χ3n) is 3.53. The summed E-state index contributed by atoms with van der Waals surface area (Å²) in [6.45, 7) is 3.78. The molecule has 1 aliphatic heterocycles. The van der Waals surface area contributed by atoms with Crippen LogP contribution in [0.2, 0.25) is 0 Å². The minimum absolute atomic E-state index is 0.243. The van der Waals surface area contributed by atoms with Crippen molar-refractivity contribution in [2.45, 2.75) is 19.4 Å². The van der Waals surface area contributed by atoms with Crippen molar-refractivity contribution in [1.82, 2.24) is 14.8 Å². The lowest BCUT2D eigenvalue weighted by Gasteiger charge is -2.44. The number of pyridine rings is 1. The minimum Gasteiger partial charge on any atom is -0.342 e. The average molecular weight is 283 g/mol. The zero-order valence-electron chi connectivity index (χ0n) is 11.5. The molecule has 1 aromatic rings. The molecule has 1 aromatic heterocycles. The Balaban J connectivity index is 2.38. The number of aromatic nitrogens is 1. The third kappa shape index (κ3) is 2.13. The molecular formula is C13H15F2N3O2. The van der Waals surface area contributed by atoms with E-state index in [0.29, 0.717) is 6.54 Å². The summed E-state index contributed by atoms with van der Waals surface area (Å²) in [4.78, 5) is 30.4. The molecule has 0 bridgehead atoms. The van der Waals surface area contributed by atoms with Crippen molar-refractivity contribution in [2.75, 3.05) is 20.1 Å². The average Bonchev–Trinajstić information content (AvgIpc) is 2.39. The van der Waals surface area contributed by atoms with Gasteiger partial charge < -0.3 is 9.80 Å². The molecule has 2 amide bonds. The van der Waals surface area contributed by atoms with Gasteiger partial charge in [-0.2, -0.15) is 4.39 Å². The van der Waals surface area contributed by atoms with E-state index in [1.165, 1.54) is 9.80 Å². The predicted molar refractivity (Wildman–Crippen MR) is 66.9 cm³/mol. The summed E-state index contributed by atoms with van der Waals surface area (Å²) in [7, 11) is 1.64. The van der Waals surface area contributed by atoms with E-state index in [4.69, 9.17) is 0 Å². The fourth-order valence-corrected chi connectivity index (χ4v) is 2.30. The lowest BCUT2D eigenvalue weighted by molar-refractivity contribution is -0.144. The topological polar surface area (TPSA) is 53.5 Å². The Morgan fingerprint density at radius 2 is 2.00 bits per heavy atom. The van der Waals surface area contributed by atoms with Gasteiger partial charge in [-0.05, 0) is 19.9 Å². The van der Waals surface area contributed by atoms with Gasteiger partial charge in [-0.25, -0.2) is 9.37 Å². The number of carbonyl (C=O) groups excluding carboxylic acids is 2. The molecule has 1 saturated heterocycles. The molecule has 0 aromatic carbocycles. The molecule has 0 spiro atoms. The Labute approximate surface area is 115 Å². The summed E-state index contributed by atoms with van der Waals surface area (Å²) < 4.78 is 26.8. The molecule has 0 atom stereocenters. The van der Waals surface area contributed by atoms with Crippen LogP contribution in [0.5, 0.6) is 0 Å².